The highest BCUT2D eigenvalue weighted by atomic mass is 16.5. The number of nitrogens with one attached hydrogen (secondary N) is 1. The maximum atomic E-state index is 11.7. The van der Waals surface area contributed by atoms with Gasteiger partial charge >= 0.3 is 11.9 Å². The molecular weight excluding hydrogens is 242 g/mol. The molecule has 0 radical (unpaired) electrons. The summed E-state index contributed by atoms with van der Waals surface area (Å²) in [4.78, 5) is 22.9. The van der Waals surface area contributed by atoms with E-state index in [1.807, 2.05) is 0 Å². The molecule has 4 nitrogen and oxygen atoms in total. The van der Waals surface area contributed by atoms with E-state index in [-0.39, 0.29) is 11.5 Å². The molecule has 19 heavy (non-hydrogen) atoms. The molecule has 4 saturated carbocycles. The molecule has 1 atom stereocenters. The van der Waals surface area contributed by atoms with Crippen molar-refractivity contribution in [2.75, 3.05) is 7.11 Å². The molecule has 4 bridgehead atoms. The molecule has 1 amide bonds. The lowest BCUT2D eigenvalue weighted by molar-refractivity contribution is -0.154. The van der Waals surface area contributed by atoms with Gasteiger partial charge in [0.05, 0.1) is 7.11 Å². The molecule has 4 rings (SSSR count). The van der Waals surface area contributed by atoms with E-state index in [4.69, 9.17) is 0 Å². The molecule has 0 spiro atoms. The van der Waals surface area contributed by atoms with Crippen LogP contribution in [0.3, 0.4) is 0 Å². The van der Waals surface area contributed by atoms with Crippen LogP contribution in [0.5, 0.6) is 0 Å². The normalized spacial score (nSPS) is 40.8. The summed E-state index contributed by atoms with van der Waals surface area (Å²) < 4.78 is 4.48. The lowest BCUT2D eigenvalue weighted by atomic mass is 9.48. The number of amides is 1. The Morgan fingerprint density at radius 2 is 1.58 bits per heavy atom. The van der Waals surface area contributed by atoms with Crippen LogP contribution in [-0.4, -0.2) is 25.0 Å². The Kier molecular flexibility index (Phi) is 3.06. The second-order valence-electron chi connectivity index (χ2n) is 6.97. The standard InChI is InChI=1S/C15H23NO3/c1-9(16-13(17)14(18)19-2)15-6-10-3-11(7-15)5-12(4-10)8-15/h9-12H,3-8H2,1-2H3,(H,16,17). The molecule has 1 unspecified atom stereocenters. The van der Waals surface area contributed by atoms with Crippen LogP contribution >= 0.6 is 0 Å². The number of hydrogen-bond donors (Lipinski definition) is 1. The van der Waals surface area contributed by atoms with Crippen molar-refractivity contribution in [3.63, 3.8) is 0 Å². The van der Waals surface area contributed by atoms with Gasteiger partial charge in [-0.2, -0.15) is 0 Å². The fourth-order valence-corrected chi connectivity index (χ4v) is 5.21. The van der Waals surface area contributed by atoms with E-state index in [2.05, 4.69) is 17.0 Å². The summed E-state index contributed by atoms with van der Waals surface area (Å²) in [5, 5.41) is 2.87. The maximum absolute atomic E-state index is 11.7. The van der Waals surface area contributed by atoms with E-state index in [1.165, 1.54) is 45.6 Å². The number of rotatable bonds is 2. The van der Waals surface area contributed by atoms with Crippen molar-refractivity contribution < 1.29 is 14.3 Å². The molecule has 0 heterocycles. The molecule has 0 aromatic carbocycles. The van der Waals surface area contributed by atoms with E-state index in [0.29, 0.717) is 0 Å². The molecule has 1 N–H and O–H groups in total. The van der Waals surface area contributed by atoms with Crippen LogP contribution < -0.4 is 5.32 Å². The second kappa shape index (κ2) is 4.50. The minimum absolute atomic E-state index is 0.0764. The zero-order valence-corrected chi connectivity index (χ0v) is 11.8. The summed E-state index contributed by atoms with van der Waals surface area (Å²) in [5.74, 6) is 1.18. The predicted molar refractivity (Wildman–Crippen MR) is 70.2 cm³/mol. The molecule has 4 aliphatic rings. The van der Waals surface area contributed by atoms with Crippen molar-refractivity contribution in [2.45, 2.75) is 51.5 Å². The van der Waals surface area contributed by atoms with E-state index in [1.54, 1.807) is 0 Å². The topological polar surface area (TPSA) is 55.4 Å². The van der Waals surface area contributed by atoms with Crippen LogP contribution in [0.15, 0.2) is 0 Å². The maximum Gasteiger partial charge on any atom is 0.396 e. The van der Waals surface area contributed by atoms with Crippen LogP contribution in [0, 0.1) is 23.2 Å². The Labute approximate surface area is 114 Å². The van der Waals surface area contributed by atoms with Gasteiger partial charge in [0.15, 0.2) is 0 Å². The molecule has 4 heteroatoms. The zero-order valence-electron chi connectivity index (χ0n) is 11.8. The predicted octanol–water partition coefficient (Wildman–Crippen LogP) is 1.88. The van der Waals surface area contributed by atoms with Gasteiger partial charge in [-0.25, -0.2) is 4.79 Å². The lowest BCUT2D eigenvalue weighted by Crippen LogP contribution is -2.56. The van der Waals surface area contributed by atoms with Crippen LogP contribution in [0.2, 0.25) is 0 Å². The molecule has 0 saturated heterocycles. The molecule has 106 valence electrons. The quantitative estimate of drug-likeness (QED) is 0.612. The fraction of sp³-hybridized carbons (Fsp3) is 0.867. The summed E-state index contributed by atoms with van der Waals surface area (Å²) in [6.45, 7) is 2.06. The first kappa shape index (κ1) is 12.9. The third kappa shape index (κ3) is 2.15. The Balaban J connectivity index is 1.71. The Morgan fingerprint density at radius 3 is 2.00 bits per heavy atom. The van der Waals surface area contributed by atoms with E-state index in [9.17, 15) is 9.59 Å². The third-order valence-corrected chi connectivity index (χ3v) is 5.72. The number of ether oxygens (including phenoxy) is 1. The van der Waals surface area contributed by atoms with Crippen molar-refractivity contribution in [2.24, 2.45) is 23.2 Å². The first-order chi connectivity index (χ1) is 9.02. The number of carbonyl (C=O) groups excluding carboxylic acids is 2. The van der Waals surface area contributed by atoms with Gasteiger partial charge in [0, 0.05) is 6.04 Å². The van der Waals surface area contributed by atoms with Crippen molar-refractivity contribution in [1.29, 1.82) is 0 Å². The average molecular weight is 265 g/mol. The third-order valence-electron chi connectivity index (χ3n) is 5.72. The van der Waals surface area contributed by atoms with Crippen molar-refractivity contribution in [1.82, 2.24) is 5.32 Å². The van der Waals surface area contributed by atoms with Crippen LogP contribution in [0.4, 0.5) is 0 Å². The Morgan fingerprint density at radius 1 is 1.11 bits per heavy atom. The monoisotopic (exact) mass is 265 g/mol. The molecule has 0 aliphatic heterocycles. The molecule has 4 aliphatic carbocycles. The van der Waals surface area contributed by atoms with Crippen molar-refractivity contribution in [3.8, 4) is 0 Å². The minimum atomic E-state index is -0.781. The number of methoxy groups -OCH3 is 1. The summed E-state index contributed by atoms with van der Waals surface area (Å²) in [6.07, 6.45) is 7.83. The van der Waals surface area contributed by atoms with E-state index < -0.39 is 11.9 Å². The highest BCUT2D eigenvalue weighted by Crippen LogP contribution is 2.61. The van der Waals surface area contributed by atoms with Gasteiger partial charge in [-0.3, -0.25) is 4.79 Å². The van der Waals surface area contributed by atoms with Gasteiger partial charge in [0.1, 0.15) is 0 Å². The largest absolute Gasteiger partial charge is 0.462 e. The number of carbonyl (C=O) groups is 2. The summed E-state index contributed by atoms with van der Waals surface area (Å²) in [7, 11) is 1.25. The van der Waals surface area contributed by atoms with E-state index >= 15 is 0 Å². The number of esters is 1. The van der Waals surface area contributed by atoms with Gasteiger partial charge in [0.25, 0.3) is 0 Å². The smallest absolute Gasteiger partial charge is 0.396 e. The SMILES string of the molecule is COC(=O)C(=O)NC(C)C12CC3CC(CC(C3)C1)C2. The summed E-state index contributed by atoms with van der Waals surface area (Å²) in [6, 6.07) is 0.0764. The van der Waals surface area contributed by atoms with Gasteiger partial charge in [0.2, 0.25) is 0 Å². The average Bonchev–Trinajstić information content (AvgIpc) is 2.36. The van der Waals surface area contributed by atoms with Gasteiger partial charge in [-0.1, -0.05) is 0 Å². The van der Waals surface area contributed by atoms with E-state index in [0.717, 1.165) is 17.8 Å². The van der Waals surface area contributed by atoms with Crippen LogP contribution in [0.1, 0.15) is 45.4 Å². The molecule has 0 aromatic rings. The zero-order chi connectivity index (χ0) is 13.6. The highest BCUT2D eigenvalue weighted by Gasteiger charge is 2.53. The highest BCUT2D eigenvalue weighted by molar-refractivity contribution is 6.32. The number of hydrogen-bond acceptors (Lipinski definition) is 3. The first-order valence-electron chi connectivity index (χ1n) is 7.41. The van der Waals surface area contributed by atoms with Crippen molar-refractivity contribution in [3.05, 3.63) is 0 Å². The summed E-state index contributed by atoms with van der Waals surface area (Å²) in [5.41, 5.74) is 0.235. The molecule has 4 fully saturated rings. The first-order valence-corrected chi connectivity index (χ1v) is 7.41. The fourth-order valence-electron chi connectivity index (χ4n) is 5.21. The van der Waals surface area contributed by atoms with Gasteiger partial charge in [-0.05, 0) is 68.6 Å². The molecule has 0 aromatic heterocycles. The Hall–Kier alpha value is -1.06. The Bertz CT molecular complexity index is 369. The van der Waals surface area contributed by atoms with Gasteiger partial charge in [-0.15, -0.1) is 0 Å². The summed E-state index contributed by atoms with van der Waals surface area (Å²) >= 11 is 0. The minimum Gasteiger partial charge on any atom is -0.462 e. The van der Waals surface area contributed by atoms with Gasteiger partial charge < -0.3 is 10.1 Å². The van der Waals surface area contributed by atoms with Crippen molar-refractivity contribution >= 4 is 11.9 Å². The lowest BCUT2D eigenvalue weighted by Gasteiger charge is -2.59. The van der Waals surface area contributed by atoms with Crippen LogP contribution in [0.25, 0.3) is 0 Å². The van der Waals surface area contributed by atoms with Crippen LogP contribution in [-0.2, 0) is 14.3 Å². The molecular formula is C15H23NO3. The second-order valence-corrected chi connectivity index (χ2v) is 6.97.